The van der Waals surface area contributed by atoms with Crippen LogP contribution in [0.3, 0.4) is 0 Å². The van der Waals surface area contributed by atoms with Crippen LogP contribution in [0.2, 0.25) is 0 Å². The molecule has 0 bridgehead atoms. The van der Waals surface area contributed by atoms with Crippen molar-refractivity contribution in [3.05, 3.63) is 0 Å². The molecule has 3 N–H and O–H groups in total. The Bertz CT molecular complexity index is 82.5. The van der Waals surface area contributed by atoms with Crippen molar-refractivity contribution < 1.29 is 0 Å². The van der Waals surface area contributed by atoms with E-state index in [4.69, 9.17) is 11.5 Å². The molecule has 0 aromatic rings. The van der Waals surface area contributed by atoms with Gasteiger partial charge in [0.1, 0.15) is 4.99 Å². The number of hydrogen-bond acceptors (Lipinski definition) is 2. The maximum Gasteiger partial charge on any atom is 0.111 e. The van der Waals surface area contributed by atoms with Crippen molar-refractivity contribution in [3.8, 4) is 0 Å². The first-order valence-electron chi connectivity index (χ1n) is 2.69. The predicted octanol–water partition coefficient (Wildman–Crippen LogP) is 0.724. The topological polar surface area (TPSA) is 49.8 Å². The third kappa shape index (κ3) is 2.93. The minimum absolute atomic E-state index is 0.173. The van der Waals surface area contributed by atoms with Gasteiger partial charge in [-0.15, -0.1) is 0 Å². The predicted molar refractivity (Wildman–Crippen MR) is 38.6 cm³/mol. The van der Waals surface area contributed by atoms with Crippen molar-refractivity contribution in [2.24, 2.45) is 5.73 Å². The van der Waals surface area contributed by atoms with Crippen LogP contribution in [0.5, 0.6) is 0 Å². The van der Waals surface area contributed by atoms with Gasteiger partial charge in [0, 0.05) is 0 Å². The van der Waals surface area contributed by atoms with Crippen LogP contribution in [-0.4, -0.2) is 11.0 Å². The Balaban J connectivity index is 3.32. The van der Waals surface area contributed by atoms with Crippen LogP contribution in [0, 0.1) is 0 Å². The molecule has 1 unspecified atom stereocenters. The van der Waals surface area contributed by atoms with Crippen molar-refractivity contribution >= 4 is 17.2 Å². The first kappa shape index (κ1) is 7.85. The summed E-state index contributed by atoms with van der Waals surface area (Å²) in [6.45, 7) is 2.03. The number of rotatable bonds is 3. The van der Waals surface area contributed by atoms with E-state index < -0.39 is 0 Å². The first-order valence-corrected chi connectivity index (χ1v) is 3.10. The molecule has 3 heteroatoms. The van der Waals surface area contributed by atoms with E-state index in [1.165, 1.54) is 0 Å². The van der Waals surface area contributed by atoms with Crippen molar-refractivity contribution in [1.29, 1.82) is 0 Å². The molecule has 8 heavy (non-hydrogen) atoms. The van der Waals surface area contributed by atoms with E-state index in [1.54, 1.807) is 0 Å². The summed E-state index contributed by atoms with van der Waals surface area (Å²) in [7, 11) is 0. The molecule has 0 saturated heterocycles. The van der Waals surface area contributed by atoms with Crippen LogP contribution in [0.4, 0.5) is 0 Å². The van der Waals surface area contributed by atoms with Crippen LogP contribution in [-0.2, 0) is 0 Å². The lowest BCUT2D eigenvalue weighted by Crippen LogP contribution is -2.29. The van der Waals surface area contributed by atoms with E-state index in [0.717, 1.165) is 12.8 Å². The molecule has 0 rings (SSSR count). The minimum atomic E-state index is -0.185. The zero-order valence-electron chi connectivity index (χ0n) is 4.98. The lowest BCUT2D eigenvalue weighted by Gasteiger charge is -2.04. The zero-order valence-corrected chi connectivity index (χ0v) is 5.79. The van der Waals surface area contributed by atoms with Crippen molar-refractivity contribution in [2.75, 3.05) is 0 Å². The molecule has 0 amide bonds. The second-order valence-corrected chi connectivity index (χ2v) is 2.20. The second-order valence-electron chi connectivity index (χ2n) is 1.76. The average molecular weight is 131 g/mol. The maximum absolute atomic E-state index is 6.89. The summed E-state index contributed by atoms with van der Waals surface area (Å²) < 4.78 is 0. The van der Waals surface area contributed by atoms with Crippen LogP contribution in [0.25, 0.3) is 0 Å². The molecule has 47 valence electrons. The molecule has 1 atom stereocenters. The number of nitrogens with two attached hydrogens (primary N) is 1. The first-order chi connectivity index (χ1) is 3.68. The lowest BCUT2D eigenvalue weighted by atomic mass is 10.2. The summed E-state index contributed by atoms with van der Waals surface area (Å²) >= 11 is 4.53. The Kier molecular flexibility index (Phi) is 3.73. The highest BCUT2D eigenvalue weighted by Crippen LogP contribution is 1.92. The van der Waals surface area contributed by atoms with Gasteiger partial charge in [-0.25, -0.2) is 0 Å². The molecule has 2 nitrogen and oxygen atoms in total. The quantitative estimate of drug-likeness (QED) is 0.574. The number of thiocarbonyl (C=S) groups is 1. The molecular formula is C5H11N2S. The summed E-state index contributed by atoms with van der Waals surface area (Å²) in [6.07, 6.45) is 1.84. The smallest absolute Gasteiger partial charge is 0.111 e. The molecule has 0 heterocycles. The van der Waals surface area contributed by atoms with Gasteiger partial charge in [0.15, 0.2) is 0 Å². The summed E-state index contributed by atoms with van der Waals surface area (Å²) in [5, 5.41) is 0. The van der Waals surface area contributed by atoms with Crippen LogP contribution < -0.4 is 11.5 Å². The summed E-state index contributed by atoms with van der Waals surface area (Å²) in [6, 6.07) is -0.185. The highest BCUT2D eigenvalue weighted by Gasteiger charge is 2.01. The van der Waals surface area contributed by atoms with Crippen molar-refractivity contribution in [3.63, 3.8) is 0 Å². The van der Waals surface area contributed by atoms with Gasteiger partial charge < -0.3 is 5.73 Å². The van der Waals surface area contributed by atoms with Crippen LogP contribution in [0.1, 0.15) is 19.8 Å². The molecule has 0 aromatic carbocycles. The second kappa shape index (κ2) is 3.80. The third-order valence-corrected chi connectivity index (χ3v) is 1.24. The van der Waals surface area contributed by atoms with Crippen LogP contribution >= 0.6 is 12.2 Å². The largest absolute Gasteiger partial charge is 0.322 e. The normalized spacial score (nSPS) is 13.2. The summed E-state index contributed by atoms with van der Waals surface area (Å²) in [5.74, 6) is 0. The molecule has 0 aliphatic rings. The average Bonchev–Trinajstić information content (AvgIpc) is 1.67. The SMILES string of the molecule is CCCC(N)C([NH])=S. The monoisotopic (exact) mass is 131 g/mol. The molecule has 0 aliphatic heterocycles. The van der Waals surface area contributed by atoms with E-state index in [9.17, 15) is 0 Å². The minimum Gasteiger partial charge on any atom is -0.322 e. The fourth-order valence-electron chi connectivity index (χ4n) is 0.442. The van der Waals surface area contributed by atoms with E-state index in [-0.39, 0.29) is 11.0 Å². The van der Waals surface area contributed by atoms with E-state index >= 15 is 0 Å². The summed E-state index contributed by atoms with van der Waals surface area (Å²) in [4.78, 5) is 0.173. The Morgan fingerprint density at radius 1 is 1.88 bits per heavy atom. The fraction of sp³-hybridized carbons (Fsp3) is 0.800. The molecule has 1 radical (unpaired) electrons. The molecular weight excluding hydrogens is 120 g/mol. The van der Waals surface area contributed by atoms with Crippen LogP contribution in [0.15, 0.2) is 0 Å². The Morgan fingerprint density at radius 3 is 2.50 bits per heavy atom. The van der Waals surface area contributed by atoms with Crippen molar-refractivity contribution in [1.82, 2.24) is 5.73 Å². The van der Waals surface area contributed by atoms with Gasteiger partial charge in [-0.1, -0.05) is 25.6 Å². The van der Waals surface area contributed by atoms with Gasteiger partial charge in [0.2, 0.25) is 0 Å². The zero-order chi connectivity index (χ0) is 6.57. The standard InChI is InChI=1S/C5H11N2S/c1-2-3-4(6)5(7)8/h4,7H,2-3,6H2,1H3. The summed E-state index contributed by atoms with van der Waals surface area (Å²) in [5.41, 5.74) is 12.3. The molecule has 0 saturated carbocycles. The highest BCUT2D eigenvalue weighted by molar-refractivity contribution is 7.80. The fourth-order valence-corrected chi connectivity index (χ4v) is 0.560. The van der Waals surface area contributed by atoms with Gasteiger partial charge in [-0.3, -0.25) is 5.73 Å². The molecule has 0 aliphatic carbocycles. The molecule has 0 fully saturated rings. The van der Waals surface area contributed by atoms with Gasteiger partial charge in [-0.05, 0) is 6.42 Å². The van der Waals surface area contributed by atoms with E-state index in [0.29, 0.717) is 0 Å². The van der Waals surface area contributed by atoms with E-state index in [2.05, 4.69) is 12.2 Å². The van der Waals surface area contributed by atoms with Gasteiger partial charge in [0.05, 0.1) is 6.04 Å². The lowest BCUT2D eigenvalue weighted by molar-refractivity contribution is 0.732. The van der Waals surface area contributed by atoms with Gasteiger partial charge in [0.25, 0.3) is 0 Å². The third-order valence-electron chi connectivity index (χ3n) is 0.936. The Hall–Kier alpha value is -0.150. The van der Waals surface area contributed by atoms with Gasteiger partial charge in [-0.2, -0.15) is 0 Å². The van der Waals surface area contributed by atoms with Crippen molar-refractivity contribution in [2.45, 2.75) is 25.8 Å². The Labute approximate surface area is 55.2 Å². The maximum atomic E-state index is 6.89. The molecule has 0 spiro atoms. The number of nitrogens with one attached hydrogen (secondary N) is 1. The highest BCUT2D eigenvalue weighted by atomic mass is 32.1. The number of hydrogen-bond donors (Lipinski definition) is 1. The Morgan fingerprint density at radius 2 is 2.38 bits per heavy atom. The van der Waals surface area contributed by atoms with E-state index in [1.807, 2.05) is 6.92 Å². The molecule has 0 aromatic heterocycles. The van der Waals surface area contributed by atoms with Gasteiger partial charge >= 0.3 is 0 Å².